The Bertz CT molecular complexity index is 678. The van der Waals surface area contributed by atoms with Crippen molar-refractivity contribution < 1.29 is 13.2 Å². The molecule has 0 fully saturated rings. The number of nitrogens with zero attached hydrogens (tertiary/aromatic N) is 2. The Morgan fingerprint density at radius 2 is 1.92 bits per heavy atom. The van der Waals surface area contributed by atoms with Crippen LogP contribution in [0, 0.1) is 0 Å². The Morgan fingerprint density at radius 1 is 1.32 bits per heavy atom. The summed E-state index contributed by atoms with van der Waals surface area (Å²) in [4.78, 5) is 6.21. The number of aliphatic imine (C=N–C) groups is 1. The Hall–Kier alpha value is -1.07. The first-order valence-corrected chi connectivity index (χ1v) is 9.50. The van der Waals surface area contributed by atoms with Crippen LogP contribution >= 0.6 is 24.0 Å². The van der Waals surface area contributed by atoms with Gasteiger partial charge in [-0.3, -0.25) is 4.99 Å². The van der Waals surface area contributed by atoms with Gasteiger partial charge in [0, 0.05) is 38.3 Å². The summed E-state index contributed by atoms with van der Waals surface area (Å²) in [7, 11) is 1.98. The molecular formula is C16H29IN4O3S. The lowest BCUT2D eigenvalue weighted by molar-refractivity contribution is 0.391. The van der Waals surface area contributed by atoms with Crippen LogP contribution in [-0.4, -0.2) is 58.8 Å². The lowest BCUT2D eigenvalue weighted by Gasteiger charge is -2.29. The molecule has 0 amide bonds. The zero-order chi connectivity index (χ0) is 18.4. The van der Waals surface area contributed by atoms with E-state index in [-0.39, 0.29) is 24.0 Å². The molecule has 0 unspecified atom stereocenters. The molecule has 0 aliphatic carbocycles. The second kappa shape index (κ2) is 10.2. The Morgan fingerprint density at radius 3 is 2.44 bits per heavy atom. The van der Waals surface area contributed by atoms with E-state index in [9.17, 15) is 8.42 Å². The van der Waals surface area contributed by atoms with Crippen molar-refractivity contribution >= 4 is 40.0 Å². The summed E-state index contributed by atoms with van der Waals surface area (Å²) >= 11 is 0. The van der Waals surface area contributed by atoms with Crippen LogP contribution in [0.15, 0.2) is 29.3 Å². The van der Waals surface area contributed by atoms with E-state index in [0.29, 0.717) is 19.0 Å². The lowest BCUT2D eigenvalue weighted by Crippen LogP contribution is -2.53. The predicted molar refractivity (Wildman–Crippen MR) is 113 cm³/mol. The van der Waals surface area contributed by atoms with E-state index in [1.54, 1.807) is 14.2 Å². The molecule has 9 heteroatoms. The molecule has 144 valence electrons. The Labute approximate surface area is 168 Å². The van der Waals surface area contributed by atoms with Gasteiger partial charge in [-0.15, -0.1) is 24.0 Å². The summed E-state index contributed by atoms with van der Waals surface area (Å²) in [6.07, 6.45) is 1.15. The van der Waals surface area contributed by atoms with E-state index < -0.39 is 15.6 Å². The lowest BCUT2D eigenvalue weighted by atomic mass is 10.1. The molecule has 0 saturated carbocycles. The fraction of sp³-hybridized carbons (Fsp3) is 0.562. The van der Waals surface area contributed by atoms with E-state index in [1.165, 1.54) is 0 Å². The number of hydrogen-bond donors (Lipinski definition) is 2. The third-order valence-electron chi connectivity index (χ3n) is 3.32. The molecule has 0 spiro atoms. The van der Waals surface area contributed by atoms with Gasteiger partial charge >= 0.3 is 0 Å². The van der Waals surface area contributed by atoms with Crippen LogP contribution in [0.5, 0.6) is 5.75 Å². The first-order chi connectivity index (χ1) is 11.1. The van der Waals surface area contributed by atoms with Gasteiger partial charge in [0.05, 0.1) is 13.4 Å². The minimum absolute atomic E-state index is 0. The van der Waals surface area contributed by atoms with Crippen LogP contribution in [0.3, 0.4) is 0 Å². The van der Waals surface area contributed by atoms with Gasteiger partial charge in [-0.25, -0.2) is 13.1 Å². The molecule has 1 aromatic carbocycles. The number of methoxy groups -OCH3 is 1. The third kappa shape index (κ3) is 8.73. The minimum Gasteiger partial charge on any atom is -0.496 e. The molecule has 7 nitrogen and oxygen atoms in total. The van der Waals surface area contributed by atoms with Gasteiger partial charge in [0.1, 0.15) is 5.75 Å². The fourth-order valence-corrected chi connectivity index (χ4v) is 3.46. The van der Waals surface area contributed by atoms with Gasteiger partial charge in [0.25, 0.3) is 0 Å². The van der Waals surface area contributed by atoms with Crippen molar-refractivity contribution in [3.05, 3.63) is 29.8 Å². The molecule has 1 aromatic rings. The summed E-state index contributed by atoms with van der Waals surface area (Å²) in [6, 6.07) is 7.80. The van der Waals surface area contributed by atoms with Crippen LogP contribution in [0.4, 0.5) is 0 Å². The van der Waals surface area contributed by atoms with E-state index in [0.717, 1.165) is 17.6 Å². The number of ether oxygens (including phenoxy) is 1. The molecule has 0 aliphatic rings. The Balaban J connectivity index is 0.00000576. The average molecular weight is 484 g/mol. The molecule has 0 aromatic heterocycles. The number of guanidine groups is 1. The topological polar surface area (TPSA) is 83.0 Å². The highest BCUT2D eigenvalue weighted by molar-refractivity contribution is 14.0. The molecule has 0 atom stereocenters. The summed E-state index contributed by atoms with van der Waals surface area (Å²) < 4.78 is 30.8. The second-order valence-electron chi connectivity index (χ2n) is 6.33. The highest BCUT2D eigenvalue weighted by Crippen LogP contribution is 2.18. The van der Waals surface area contributed by atoms with Gasteiger partial charge in [-0.1, -0.05) is 18.2 Å². The number of halogens is 1. The highest BCUT2D eigenvalue weighted by atomic mass is 127. The van der Waals surface area contributed by atoms with E-state index in [1.807, 2.05) is 50.1 Å². The van der Waals surface area contributed by atoms with Crippen LogP contribution in [0.1, 0.15) is 19.4 Å². The third-order valence-corrected chi connectivity index (χ3v) is 4.25. The molecule has 0 radical (unpaired) electrons. The summed E-state index contributed by atoms with van der Waals surface area (Å²) in [5.41, 5.74) is 0.411. The largest absolute Gasteiger partial charge is 0.496 e. The van der Waals surface area contributed by atoms with Crippen LogP contribution in [0.25, 0.3) is 0 Å². The van der Waals surface area contributed by atoms with Crippen LogP contribution < -0.4 is 14.8 Å². The standard InChI is InChI=1S/C16H28N4O3S.HI/c1-16(2,19-24(6,21)22)12-18-15(17-3)20(4)11-13-9-7-8-10-14(13)23-5;/h7-10,19H,11-12H2,1-6H3,(H,17,18);1H. The average Bonchev–Trinajstić information content (AvgIpc) is 2.45. The van der Waals surface area contributed by atoms with Crippen LogP contribution in [-0.2, 0) is 16.6 Å². The minimum atomic E-state index is -3.27. The smallest absolute Gasteiger partial charge is 0.209 e. The number of sulfonamides is 1. The molecule has 0 bridgehead atoms. The quantitative estimate of drug-likeness (QED) is 0.350. The number of para-hydroxylation sites is 1. The van der Waals surface area contributed by atoms with Crippen LogP contribution in [0.2, 0.25) is 0 Å². The predicted octanol–water partition coefficient (Wildman–Crippen LogP) is 1.65. The van der Waals surface area contributed by atoms with Crippen molar-refractivity contribution in [1.82, 2.24) is 14.9 Å². The maximum absolute atomic E-state index is 11.4. The summed E-state index contributed by atoms with van der Waals surface area (Å²) in [5, 5.41) is 3.20. The molecule has 0 heterocycles. The van der Waals surface area contributed by atoms with E-state index >= 15 is 0 Å². The van der Waals surface area contributed by atoms with E-state index in [2.05, 4.69) is 15.0 Å². The van der Waals surface area contributed by atoms with Crippen molar-refractivity contribution in [3.63, 3.8) is 0 Å². The van der Waals surface area contributed by atoms with Gasteiger partial charge in [-0.05, 0) is 19.9 Å². The van der Waals surface area contributed by atoms with Crippen molar-refractivity contribution in [2.24, 2.45) is 4.99 Å². The number of nitrogens with one attached hydrogen (secondary N) is 2. The van der Waals surface area contributed by atoms with Crippen molar-refractivity contribution in [1.29, 1.82) is 0 Å². The fourth-order valence-electron chi connectivity index (χ4n) is 2.39. The molecule has 25 heavy (non-hydrogen) atoms. The van der Waals surface area contributed by atoms with Gasteiger partial charge in [0.2, 0.25) is 10.0 Å². The Kier molecular flexibility index (Phi) is 9.73. The molecule has 0 saturated heterocycles. The van der Waals surface area contributed by atoms with E-state index in [4.69, 9.17) is 4.74 Å². The monoisotopic (exact) mass is 484 g/mol. The SMILES string of the molecule is CN=C(NCC(C)(C)NS(C)(=O)=O)N(C)Cc1ccccc1OC.I. The highest BCUT2D eigenvalue weighted by Gasteiger charge is 2.23. The van der Waals surface area contributed by atoms with Gasteiger partial charge in [0.15, 0.2) is 5.96 Å². The number of benzene rings is 1. The van der Waals surface area contributed by atoms with Crippen molar-refractivity contribution in [3.8, 4) is 5.75 Å². The van der Waals surface area contributed by atoms with Gasteiger partial charge in [-0.2, -0.15) is 0 Å². The number of rotatable bonds is 7. The molecular weight excluding hydrogens is 455 g/mol. The van der Waals surface area contributed by atoms with Crippen molar-refractivity contribution in [2.45, 2.75) is 25.9 Å². The maximum atomic E-state index is 11.4. The molecule has 1 rings (SSSR count). The van der Waals surface area contributed by atoms with Crippen molar-refractivity contribution in [2.75, 3.05) is 34.0 Å². The maximum Gasteiger partial charge on any atom is 0.209 e. The van der Waals surface area contributed by atoms with Gasteiger partial charge < -0.3 is 15.0 Å². The summed E-state index contributed by atoms with van der Waals surface area (Å²) in [6.45, 7) is 4.65. The zero-order valence-corrected chi connectivity index (χ0v) is 18.8. The molecule has 2 N–H and O–H groups in total. The first kappa shape index (κ1) is 23.9. The zero-order valence-electron chi connectivity index (χ0n) is 15.7. The second-order valence-corrected chi connectivity index (χ2v) is 8.08. The first-order valence-electron chi connectivity index (χ1n) is 7.60. The number of hydrogen-bond acceptors (Lipinski definition) is 4. The summed E-state index contributed by atoms with van der Waals surface area (Å²) in [5.74, 6) is 1.49. The molecule has 0 aliphatic heterocycles. The normalized spacial score (nSPS) is 12.3.